The van der Waals surface area contributed by atoms with Gasteiger partial charge in [-0.3, -0.25) is 4.79 Å². The van der Waals surface area contributed by atoms with E-state index in [0.717, 1.165) is 22.7 Å². The maximum atomic E-state index is 12.6. The van der Waals surface area contributed by atoms with Gasteiger partial charge in [-0.2, -0.15) is 0 Å². The molecule has 0 atom stereocenters. The van der Waals surface area contributed by atoms with Gasteiger partial charge >= 0.3 is 0 Å². The second-order valence-corrected chi connectivity index (χ2v) is 6.91. The first-order valence-electron chi connectivity index (χ1n) is 6.54. The maximum Gasteiger partial charge on any atom is 0.255 e. The normalized spacial score (nSPS) is 15.3. The molecule has 0 spiro atoms. The molecule has 0 radical (unpaired) electrons. The summed E-state index contributed by atoms with van der Waals surface area (Å²) < 4.78 is 0.858. The van der Waals surface area contributed by atoms with Gasteiger partial charge in [0.2, 0.25) is 0 Å². The molecule has 110 valence electrons. The molecule has 3 rings (SSSR count). The smallest absolute Gasteiger partial charge is 0.255 e. The summed E-state index contributed by atoms with van der Waals surface area (Å²) in [5.74, 6) is -0.0138. The van der Waals surface area contributed by atoms with Crippen LogP contribution >= 0.6 is 38.9 Å². The first kappa shape index (κ1) is 14.8. The number of nitrogens with zero attached hydrogens (tertiary/aromatic N) is 3. The van der Waals surface area contributed by atoms with Crippen molar-refractivity contribution in [3.8, 4) is 0 Å². The number of carbonyl (C=O) groups excluding carboxylic acids is 1. The molecule has 21 heavy (non-hydrogen) atoms. The summed E-state index contributed by atoms with van der Waals surface area (Å²) in [5.41, 5.74) is 0.550. The number of thiazole rings is 1. The van der Waals surface area contributed by atoms with Crippen LogP contribution in [0.25, 0.3) is 0 Å². The minimum Gasteiger partial charge on any atom is -0.345 e. The SMILES string of the molecule is O=C(c1cc(Br)ccc1Cl)N1CCN(c2nccs2)CC1. The van der Waals surface area contributed by atoms with Crippen LogP contribution in [0.3, 0.4) is 0 Å². The third-order valence-corrected chi connectivity index (χ3v) is 5.07. The summed E-state index contributed by atoms with van der Waals surface area (Å²) in [4.78, 5) is 20.9. The summed E-state index contributed by atoms with van der Waals surface area (Å²) >= 11 is 11.1. The molecule has 1 aliphatic rings. The Labute approximate surface area is 140 Å². The summed E-state index contributed by atoms with van der Waals surface area (Å²) in [6, 6.07) is 5.35. The van der Waals surface area contributed by atoms with Crippen LogP contribution in [0.4, 0.5) is 5.13 Å². The van der Waals surface area contributed by atoms with Gasteiger partial charge in [-0.1, -0.05) is 27.5 Å². The van der Waals surface area contributed by atoms with Crippen molar-refractivity contribution in [2.75, 3.05) is 31.1 Å². The standard InChI is InChI=1S/C14H13BrClN3OS/c15-10-1-2-12(16)11(9-10)13(20)18-4-6-19(7-5-18)14-17-3-8-21-14/h1-3,8-9H,4-7H2. The van der Waals surface area contributed by atoms with Crippen molar-refractivity contribution < 1.29 is 4.79 Å². The number of anilines is 1. The van der Waals surface area contributed by atoms with Crippen molar-refractivity contribution in [1.29, 1.82) is 0 Å². The van der Waals surface area contributed by atoms with E-state index in [9.17, 15) is 4.79 Å². The quantitative estimate of drug-likeness (QED) is 0.792. The van der Waals surface area contributed by atoms with E-state index in [1.807, 2.05) is 16.3 Å². The highest BCUT2D eigenvalue weighted by Gasteiger charge is 2.24. The second kappa shape index (κ2) is 6.34. The number of benzene rings is 1. The number of hydrogen-bond donors (Lipinski definition) is 0. The van der Waals surface area contributed by atoms with Crippen LogP contribution in [0.5, 0.6) is 0 Å². The van der Waals surface area contributed by atoms with E-state index in [0.29, 0.717) is 23.7 Å². The van der Waals surface area contributed by atoms with Gasteiger partial charge < -0.3 is 9.80 Å². The van der Waals surface area contributed by atoms with Crippen molar-refractivity contribution in [3.63, 3.8) is 0 Å². The Balaban J connectivity index is 1.69. The summed E-state index contributed by atoms with van der Waals surface area (Å²) in [6.45, 7) is 2.96. The highest BCUT2D eigenvalue weighted by molar-refractivity contribution is 9.10. The molecular formula is C14H13BrClN3OS. The molecular weight excluding hydrogens is 374 g/mol. The van der Waals surface area contributed by atoms with E-state index in [4.69, 9.17) is 11.6 Å². The predicted molar refractivity (Wildman–Crippen MR) is 89.4 cm³/mol. The van der Waals surface area contributed by atoms with Gasteiger partial charge in [0.1, 0.15) is 0 Å². The predicted octanol–water partition coefficient (Wildman–Crippen LogP) is 3.52. The van der Waals surface area contributed by atoms with Gasteiger partial charge in [0.25, 0.3) is 5.91 Å². The third kappa shape index (κ3) is 3.22. The lowest BCUT2D eigenvalue weighted by Crippen LogP contribution is -2.48. The molecule has 1 fully saturated rings. The van der Waals surface area contributed by atoms with E-state index in [1.54, 1.807) is 29.7 Å². The van der Waals surface area contributed by atoms with Gasteiger partial charge in [-0.05, 0) is 18.2 Å². The van der Waals surface area contributed by atoms with Crippen LogP contribution in [0.15, 0.2) is 34.2 Å². The fraction of sp³-hybridized carbons (Fsp3) is 0.286. The molecule has 0 unspecified atom stereocenters. The molecule has 1 aliphatic heterocycles. The molecule has 2 aromatic rings. The first-order valence-corrected chi connectivity index (χ1v) is 8.59. The van der Waals surface area contributed by atoms with Crippen LogP contribution in [-0.2, 0) is 0 Å². The highest BCUT2D eigenvalue weighted by Crippen LogP contribution is 2.24. The molecule has 4 nitrogen and oxygen atoms in total. The highest BCUT2D eigenvalue weighted by atomic mass is 79.9. The lowest BCUT2D eigenvalue weighted by atomic mass is 10.2. The third-order valence-electron chi connectivity index (χ3n) is 3.42. The van der Waals surface area contributed by atoms with Crippen LogP contribution in [0, 0.1) is 0 Å². The summed E-state index contributed by atoms with van der Waals surface area (Å²) in [5, 5.41) is 3.47. The molecule has 0 bridgehead atoms. The number of hydrogen-bond acceptors (Lipinski definition) is 4. The van der Waals surface area contributed by atoms with E-state index >= 15 is 0 Å². The van der Waals surface area contributed by atoms with Gasteiger partial charge in [-0.15, -0.1) is 11.3 Å². The van der Waals surface area contributed by atoms with Crippen LogP contribution in [0.1, 0.15) is 10.4 Å². The van der Waals surface area contributed by atoms with E-state index in [1.165, 1.54) is 0 Å². The number of rotatable bonds is 2. The molecule has 1 amide bonds. The minimum absolute atomic E-state index is 0.0138. The zero-order valence-corrected chi connectivity index (χ0v) is 14.3. The Kier molecular flexibility index (Phi) is 4.47. The fourth-order valence-electron chi connectivity index (χ4n) is 2.30. The van der Waals surface area contributed by atoms with Gasteiger partial charge in [0, 0.05) is 42.2 Å². The Morgan fingerprint density at radius 3 is 2.71 bits per heavy atom. The molecule has 7 heteroatoms. The number of amides is 1. The fourth-order valence-corrected chi connectivity index (χ4v) is 3.56. The van der Waals surface area contributed by atoms with E-state index < -0.39 is 0 Å². The molecule has 1 aromatic heterocycles. The van der Waals surface area contributed by atoms with Crippen LogP contribution < -0.4 is 4.90 Å². The Morgan fingerprint density at radius 1 is 1.29 bits per heavy atom. The largest absolute Gasteiger partial charge is 0.345 e. The zero-order chi connectivity index (χ0) is 14.8. The minimum atomic E-state index is -0.0138. The number of aromatic nitrogens is 1. The molecule has 1 saturated heterocycles. The Bertz CT molecular complexity index is 642. The van der Waals surface area contributed by atoms with Gasteiger partial charge in [0.05, 0.1) is 10.6 Å². The molecule has 2 heterocycles. The average Bonchev–Trinajstić information content (AvgIpc) is 3.03. The maximum absolute atomic E-state index is 12.6. The van der Waals surface area contributed by atoms with E-state index in [2.05, 4.69) is 25.8 Å². The number of halogens is 2. The van der Waals surface area contributed by atoms with Gasteiger partial charge in [0.15, 0.2) is 5.13 Å². The Hall–Kier alpha value is -1.11. The van der Waals surface area contributed by atoms with Crippen molar-refractivity contribution in [2.24, 2.45) is 0 Å². The molecule has 1 aromatic carbocycles. The van der Waals surface area contributed by atoms with Crippen molar-refractivity contribution in [3.05, 3.63) is 44.8 Å². The lowest BCUT2D eigenvalue weighted by molar-refractivity contribution is 0.0747. The molecule has 0 aliphatic carbocycles. The summed E-state index contributed by atoms with van der Waals surface area (Å²) in [7, 11) is 0. The number of carbonyl (C=O) groups is 1. The van der Waals surface area contributed by atoms with Crippen LogP contribution in [-0.4, -0.2) is 42.0 Å². The topological polar surface area (TPSA) is 36.4 Å². The second-order valence-electron chi connectivity index (χ2n) is 4.72. The lowest BCUT2D eigenvalue weighted by Gasteiger charge is -2.34. The summed E-state index contributed by atoms with van der Waals surface area (Å²) in [6.07, 6.45) is 1.80. The number of piperazine rings is 1. The molecule has 0 N–H and O–H groups in total. The van der Waals surface area contributed by atoms with Crippen molar-refractivity contribution in [2.45, 2.75) is 0 Å². The van der Waals surface area contributed by atoms with Crippen LogP contribution in [0.2, 0.25) is 5.02 Å². The van der Waals surface area contributed by atoms with E-state index in [-0.39, 0.29) is 5.91 Å². The first-order chi connectivity index (χ1) is 10.1. The zero-order valence-electron chi connectivity index (χ0n) is 11.1. The average molecular weight is 387 g/mol. The molecule has 0 saturated carbocycles. The van der Waals surface area contributed by atoms with Gasteiger partial charge in [-0.25, -0.2) is 4.98 Å². The monoisotopic (exact) mass is 385 g/mol. The Morgan fingerprint density at radius 2 is 2.05 bits per heavy atom. The van der Waals surface area contributed by atoms with Crippen molar-refractivity contribution in [1.82, 2.24) is 9.88 Å². The van der Waals surface area contributed by atoms with Crippen molar-refractivity contribution >= 4 is 49.9 Å².